The minimum atomic E-state index is -0.674. The summed E-state index contributed by atoms with van der Waals surface area (Å²) < 4.78 is 9.79. The number of methoxy groups -OCH3 is 1. The highest BCUT2D eigenvalue weighted by Gasteiger charge is 2.33. The van der Waals surface area contributed by atoms with Crippen LogP contribution in [0.1, 0.15) is 20.3 Å². The lowest BCUT2D eigenvalue weighted by Gasteiger charge is -2.08. The Hall–Kier alpha value is -1.32. The molecule has 0 aromatic carbocycles. The quantitative estimate of drug-likeness (QED) is 0.596. The summed E-state index contributed by atoms with van der Waals surface area (Å²) in [5.74, 6) is 0.00630. The summed E-state index contributed by atoms with van der Waals surface area (Å²) in [5, 5.41) is 0. The summed E-state index contributed by atoms with van der Waals surface area (Å²) >= 11 is 0. The Kier molecular flexibility index (Phi) is 2.70. The topological polar surface area (TPSA) is 52.6 Å². The number of hydrogen-bond donors (Lipinski definition) is 0. The van der Waals surface area contributed by atoms with Crippen LogP contribution in [0.25, 0.3) is 0 Å². The van der Waals surface area contributed by atoms with Gasteiger partial charge in [0.2, 0.25) is 5.78 Å². The molecule has 0 aromatic heterocycles. The van der Waals surface area contributed by atoms with Crippen LogP contribution in [0.3, 0.4) is 0 Å². The van der Waals surface area contributed by atoms with Gasteiger partial charge in [-0.15, -0.1) is 0 Å². The second kappa shape index (κ2) is 3.60. The molecule has 13 heavy (non-hydrogen) atoms. The van der Waals surface area contributed by atoms with Gasteiger partial charge in [-0.05, 0) is 6.92 Å². The molecule has 0 spiro atoms. The maximum Gasteiger partial charge on any atom is 0.303 e. The van der Waals surface area contributed by atoms with Crippen molar-refractivity contribution < 1.29 is 19.1 Å². The molecule has 0 radical (unpaired) electrons. The molecular formula is C9H12O4. The average Bonchev–Trinajstić information content (AvgIpc) is 2.32. The van der Waals surface area contributed by atoms with Crippen LogP contribution in [0, 0.1) is 0 Å². The van der Waals surface area contributed by atoms with Gasteiger partial charge in [-0.25, -0.2) is 0 Å². The highest BCUT2D eigenvalue weighted by molar-refractivity contribution is 6.02. The SMILES string of the molecule is COC1=C(C)C(=O)[C@@H](OC(C)=O)C1. The third-order valence-corrected chi connectivity index (χ3v) is 2.01. The summed E-state index contributed by atoms with van der Waals surface area (Å²) in [4.78, 5) is 22.0. The van der Waals surface area contributed by atoms with Gasteiger partial charge in [0, 0.05) is 12.5 Å². The molecule has 0 aliphatic heterocycles. The van der Waals surface area contributed by atoms with Gasteiger partial charge in [0.25, 0.3) is 0 Å². The first kappa shape index (κ1) is 9.77. The molecule has 4 nitrogen and oxygen atoms in total. The third kappa shape index (κ3) is 1.88. The van der Waals surface area contributed by atoms with E-state index in [0.717, 1.165) is 0 Å². The number of rotatable bonds is 2. The molecule has 1 aliphatic rings. The van der Waals surface area contributed by atoms with E-state index in [2.05, 4.69) is 0 Å². The lowest BCUT2D eigenvalue weighted by atomic mass is 10.2. The molecule has 0 unspecified atom stereocenters. The summed E-state index contributed by atoms with van der Waals surface area (Å²) in [6.07, 6.45) is -0.312. The largest absolute Gasteiger partial charge is 0.501 e. The Bertz CT molecular complexity index is 277. The maximum absolute atomic E-state index is 11.4. The van der Waals surface area contributed by atoms with Crippen molar-refractivity contribution in [3.05, 3.63) is 11.3 Å². The molecule has 0 fully saturated rings. The molecule has 0 N–H and O–H groups in total. The smallest absolute Gasteiger partial charge is 0.303 e. The second-order valence-corrected chi connectivity index (χ2v) is 2.92. The summed E-state index contributed by atoms with van der Waals surface area (Å²) in [6.45, 7) is 2.96. The van der Waals surface area contributed by atoms with Crippen LogP contribution in [0.15, 0.2) is 11.3 Å². The van der Waals surface area contributed by atoms with Gasteiger partial charge in [0.05, 0.1) is 13.5 Å². The van der Waals surface area contributed by atoms with Crippen LogP contribution in [0.5, 0.6) is 0 Å². The van der Waals surface area contributed by atoms with E-state index in [-0.39, 0.29) is 5.78 Å². The van der Waals surface area contributed by atoms with E-state index in [0.29, 0.717) is 17.8 Å². The fourth-order valence-electron chi connectivity index (χ4n) is 1.33. The Morgan fingerprint density at radius 1 is 1.54 bits per heavy atom. The highest BCUT2D eigenvalue weighted by Crippen LogP contribution is 2.25. The van der Waals surface area contributed by atoms with Gasteiger partial charge in [-0.2, -0.15) is 0 Å². The number of esters is 1. The van der Waals surface area contributed by atoms with Crippen molar-refractivity contribution in [3.63, 3.8) is 0 Å². The van der Waals surface area contributed by atoms with Crippen LogP contribution in [0.2, 0.25) is 0 Å². The van der Waals surface area contributed by atoms with Crippen LogP contribution >= 0.6 is 0 Å². The number of carbonyl (C=O) groups excluding carboxylic acids is 2. The highest BCUT2D eigenvalue weighted by atomic mass is 16.5. The fourth-order valence-corrected chi connectivity index (χ4v) is 1.33. The zero-order chi connectivity index (χ0) is 10.0. The lowest BCUT2D eigenvalue weighted by Crippen LogP contribution is -2.22. The molecule has 1 atom stereocenters. The van der Waals surface area contributed by atoms with E-state index >= 15 is 0 Å². The van der Waals surface area contributed by atoms with Gasteiger partial charge in [0.1, 0.15) is 5.76 Å². The van der Waals surface area contributed by atoms with Gasteiger partial charge < -0.3 is 9.47 Å². The minimum absolute atomic E-state index is 0.160. The molecule has 0 bridgehead atoms. The number of ketones is 1. The van der Waals surface area contributed by atoms with Gasteiger partial charge in [-0.3, -0.25) is 9.59 Å². The Morgan fingerprint density at radius 3 is 2.54 bits per heavy atom. The van der Waals surface area contributed by atoms with E-state index in [1.54, 1.807) is 6.92 Å². The zero-order valence-corrected chi connectivity index (χ0v) is 7.92. The first-order valence-electron chi connectivity index (χ1n) is 4.01. The molecule has 0 heterocycles. The second-order valence-electron chi connectivity index (χ2n) is 2.92. The fraction of sp³-hybridized carbons (Fsp3) is 0.556. The monoisotopic (exact) mass is 184 g/mol. The van der Waals surface area contributed by atoms with E-state index in [1.165, 1.54) is 14.0 Å². The van der Waals surface area contributed by atoms with Gasteiger partial charge >= 0.3 is 5.97 Å². The molecular weight excluding hydrogens is 172 g/mol. The van der Waals surface area contributed by atoms with Crippen molar-refractivity contribution in [1.82, 2.24) is 0 Å². The molecule has 72 valence electrons. The molecule has 0 saturated carbocycles. The Labute approximate surface area is 76.5 Å². The number of ether oxygens (including phenoxy) is 2. The first-order valence-corrected chi connectivity index (χ1v) is 4.01. The van der Waals surface area contributed by atoms with Crippen molar-refractivity contribution in [2.75, 3.05) is 7.11 Å². The lowest BCUT2D eigenvalue weighted by molar-refractivity contribution is -0.151. The average molecular weight is 184 g/mol. The van der Waals surface area contributed by atoms with Crippen molar-refractivity contribution in [3.8, 4) is 0 Å². The third-order valence-electron chi connectivity index (χ3n) is 2.01. The van der Waals surface area contributed by atoms with E-state index in [9.17, 15) is 9.59 Å². The normalized spacial score (nSPS) is 22.1. The summed E-state index contributed by atoms with van der Waals surface area (Å²) in [7, 11) is 1.50. The van der Waals surface area contributed by atoms with Crippen LogP contribution in [-0.4, -0.2) is 25.0 Å². The number of Topliss-reactive ketones (excluding diaryl/α,β-unsaturated/α-hetero) is 1. The molecule has 1 rings (SSSR count). The minimum Gasteiger partial charge on any atom is -0.501 e. The van der Waals surface area contributed by atoms with Gasteiger partial charge in [-0.1, -0.05) is 0 Å². The Balaban J connectivity index is 2.70. The first-order chi connectivity index (χ1) is 6.06. The number of hydrogen-bond acceptors (Lipinski definition) is 4. The molecule has 0 amide bonds. The summed E-state index contributed by atoms with van der Waals surface area (Å²) in [5.41, 5.74) is 0.550. The predicted molar refractivity (Wildman–Crippen MR) is 44.9 cm³/mol. The van der Waals surface area contributed by atoms with Crippen LogP contribution in [0.4, 0.5) is 0 Å². The van der Waals surface area contributed by atoms with E-state index in [4.69, 9.17) is 9.47 Å². The van der Waals surface area contributed by atoms with E-state index in [1.807, 2.05) is 0 Å². The van der Waals surface area contributed by atoms with Crippen molar-refractivity contribution in [1.29, 1.82) is 0 Å². The maximum atomic E-state index is 11.4. The van der Waals surface area contributed by atoms with E-state index < -0.39 is 12.1 Å². The van der Waals surface area contributed by atoms with Gasteiger partial charge in [0.15, 0.2) is 6.10 Å². The molecule has 0 saturated heterocycles. The van der Waals surface area contributed by atoms with Crippen LogP contribution in [-0.2, 0) is 19.1 Å². The Morgan fingerprint density at radius 2 is 2.15 bits per heavy atom. The standard InChI is InChI=1S/C9H12O4/c1-5-7(12-3)4-8(9(5)11)13-6(2)10/h8H,4H2,1-3H3/t8-/m0/s1. The van der Waals surface area contributed by atoms with Crippen molar-refractivity contribution in [2.24, 2.45) is 0 Å². The summed E-state index contributed by atoms with van der Waals surface area (Å²) in [6, 6.07) is 0. The number of carbonyl (C=O) groups is 2. The predicted octanol–water partition coefficient (Wildman–Crippen LogP) is 0.811. The molecule has 4 heteroatoms. The molecule has 0 aromatic rings. The van der Waals surface area contributed by atoms with Crippen molar-refractivity contribution >= 4 is 11.8 Å². The molecule has 1 aliphatic carbocycles. The van der Waals surface area contributed by atoms with Crippen LogP contribution < -0.4 is 0 Å². The zero-order valence-electron chi connectivity index (χ0n) is 7.92. The van der Waals surface area contributed by atoms with Crippen molar-refractivity contribution in [2.45, 2.75) is 26.4 Å².